The van der Waals surface area contributed by atoms with E-state index in [9.17, 15) is 9.18 Å². The SMILES string of the molecule is O=C(NC1CCCC1)C1CCN(c2nc3cc(Cl)c(CF)cc3[nH]2)CC1. The molecular weight excluding hydrogens is 355 g/mol. The fourth-order valence-corrected chi connectivity index (χ4v) is 4.27. The summed E-state index contributed by atoms with van der Waals surface area (Å²) in [5.41, 5.74) is 2.00. The summed E-state index contributed by atoms with van der Waals surface area (Å²) in [5.74, 6) is 1.06. The zero-order valence-electron chi connectivity index (χ0n) is 14.7. The maximum atomic E-state index is 13.0. The van der Waals surface area contributed by atoms with Crippen molar-refractivity contribution in [1.82, 2.24) is 15.3 Å². The number of alkyl halides is 1. The number of benzene rings is 1. The molecule has 2 aliphatic rings. The van der Waals surface area contributed by atoms with Crippen molar-refractivity contribution in [2.24, 2.45) is 5.92 Å². The summed E-state index contributed by atoms with van der Waals surface area (Å²) in [6.07, 6.45) is 6.34. The van der Waals surface area contributed by atoms with Gasteiger partial charge in [-0.15, -0.1) is 0 Å². The zero-order valence-corrected chi connectivity index (χ0v) is 15.5. The maximum absolute atomic E-state index is 13.0. The lowest BCUT2D eigenvalue weighted by molar-refractivity contribution is -0.126. The molecule has 5 nitrogen and oxygen atoms in total. The summed E-state index contributed by atoms with van der Waals surface area (Å²) in [5, 5.41) is 3.62. The zero-order chi connectivity index (χ0) is 18.1. The van der Waals surface area contributed by atoms with Gasteiger partial charge in [0.2, 0.25) is 11.9 Å². The second-order valence-electron chi connectivity index (χ2n) is 7.41. The average Bonchev–Trinajstić information content (AvgIpc) is 3.30. The number of aromatic nitrogens is 2. The molecular formula is C19H24ClFN4O. The number of carbonyl (C=O) groups is 1. The molecule has 1 amide bonds. The van der Waals surface area contributed by atoms with Crippen LogP contribution in [0.2, 0.25) is 5.02 Å². The smallest absolute Gasteiger partial charge is 0.223 e. The highest BCUT2D eigenvalue weighted by Gasteiger charge is 2.28. The number of aromatic amines is 1. The van der Waals surface area contributed by atoms with Crippen LogP contribution < -0.4 is 10.2 Å². The molecule has 4 rings (SSSR count). The number of halogens is 2. The number of carbonyl (C=O) groups excluding carboxylic acids is 1. The van der Waals surface area contributed by atoms with Gasteiger partial charge in [0.25, 0.3) is 0 Å². The van der Waals surface area contributed by atoms with E-state index < -0.39 is 6.67 Å². The van der Waals surface area contributed by atoms with E-state index in [0.29, 0.717) is 16.6 Å². The fraction of sp³-hybridized carbons (Fsp3) is 0.579. The number of hydrogen-bond acceptors (Lipinski definition) is 3. The minimum absolute atomic E-state index is 0.0869. The minimum atomic E-state index is -0.593. The molecule has 2 aromatic rings. The highest BCUT2D eigenvalue weighted by atomic mass is 35.5. The molecule has 0 spiro atoms. The van der Waals surface area contributed by atoms with Crippen LogP contribution in [0.3, 0.4) is 0 Å². The highest BCUT2D eigenvalue weighted by molar-refractivity contribution is 6.32. The summed E-state index contributed by atoms with van der Waals surface area (Å²) in [6.45, 7) is 0.975. The molecule has 7 heteroatoms. The van der Waals surface area contributed by atoms with Crippen LogP contribution in [0.25, 0.3) is 11.0 Å². The molecule has 0 unspecified atom stereocenters. The molecule has 26 heavy (non-hydrogen) atoms. The van der Waals surface area contributed by atoms with E-state index >= 15 is 0 Å². The molecule has 0 atom stereocenters. The maximum Gasteiger partial charge on any atom is 0.223 e. The highest BCUT2D eigenvalue weighted by Crippen LogP contribution is 2.28. The number of fused-ring (bicyclic) bond motifs is 1. The van der Waals surface area contributed by atoms with Gasteiger partial charge in [-0.25, -0.2) is 9.37 Å². The molecule has 1 aliphatic heterocycles. The molecule has 2 fully saturated rings. The van der Waals surface area contributed by atoms with E-state index in [-0.39, 0.29) is 11.8 Å². The van der Waals surface area contributed by atoms with Crippen LogP contribution >= 0.6 is 11.6 Å². The number of anilines is 1. The van der Waals surface area contributed by atoms with Crippen LogP contribution in [0.1, 0.15) is 44.1 Å². The first-order valence-corrected chi connectivity index (χ1v) is 9.81. The molecule has 0 bridgehead atoms. The third kappa shape index (κ3) is 3.52. The van der Waals surface area contributed by atoms with Gasteiger partial charge in [-0.3, -0.25) is 4.79 Å². The van der Waals surface area contributed by atoms with E-state index in [0.717, 1.165) is 55.8 Å². The van der Waals surface area contributed by atoms with Crippen molar-refractivity contribution < 1.29 is 9.18 Å². The number of hydrogen-bond donors (Lipinski definition) is 2. The number of imidazole rings is 1. The van der Waals surface area contributed by atoms with E-state index in [2.05, 4.69) is 20.2 Å². The van der Waals surface area contributed by atoms with Crippen molar-refractivity contribution in [3.05, 3.63) is 22.7 Å². The largest absolute Gasteiger partial charge is 0.353 e. The third-order valence-electron chi connectivity index (χ3n) is 5.65. The van der Waals surface area contributed by atoms with Crippen LogP contribution in [0.4, 0.5) is 10.3 Å². The Labute approximate surface area is 157 Å². The standard InChI is InChI=1S/C19H24ClFN4O/c20-15-10-17-16(9-13(15)11-21)23-19(24-17)25-7-5-12(6-8-25)18(26)22-14-3-1-2-4-14/h9-10,12,14H,1-8,11H2,(H,22,26)(H,23,24). The van der Waals surface area contributed by atoms with Gasteiger partial charge in [0.1, 0.15) is 6.67 Å². The normalized spacial score (nSPS) is 19.4. The number of amides is 1. The number of H-pyrrole nitrogens is 1. The Balaban J connectivity index is 1.39. The minimum Gasteiger partial charge on any atom is -0.353 e. The lowest BCUT2D eigenvalue weighted by Gasteiger charge is -2.31. The van der Waals surface area contributed by atoms with Crippen molar-refractivity contribution in [3.63, 3.8) is 0 Å². The Morgan fingerprint density at radius 3 is 2.69 bits per heavy atom. The molecule has 1 aromatic heterocycles. The fourth-order valence-electron chi connectivity index (χ4n) is 4.06. The summed E-state index contributed by atoms with van der Waals surface area (Å²) in [6, 6.07) is 3.80. The van der Waals surface area contributed by atoms with Crippen LogP contribution in [0.15, 0.2) is 12.1 Å². The van der Waals surface area contributed by atoms with Crippen molar-refractivity contribution in [3.8, 4) is 0 Å². The van der Waals surface area contributed by atoms with Gasteiger partial charge in [0.05, 0.1) is 11.0 Å². The van der Waals surface area contributed by atoms with Gasteiger partial charge in [0.15, 0.2) is 0 Å². The van der Waals surface area contributed by atoms with Crippen LogP contribution in [-0.4, -0.2) is 35.0 Å². The average molecular weight is 379 g/mol. The molecule has 2 N–H and O–H groups in total. The Morgan fingerprint density at radius 1 is 1.27 bits per heavy atom. The number of piperidine rings is 1. The van der Waals surface area contributed by atoms with E-state index in [4.69, 9.17) is 11.6 Å². The Bertz CT molecular complexity index is 794. The summed E-state index contributed by atoms with van der Waals surface area (Å²) in [7, 11) is 0. The first-order valence-electron chi connectivity index (χ1n) is 9.43. The van der Waals surface area contributed by atoms with E-state index in [1.54, 1.807) is 12.1 Å². The number of nitrogens with one attached hydrogen (secondary N) is 2. The van der Waals surface area contributed by atoms with Crippen molar-refractivity contribution in [2.75, 3.05) is 18.0 Å². The molecule has 1 aromatic carbocycles. The second kappa shape index (κ2) is 7.43. The molecule has 0 radical (unpaired) electrons. The summed E-state index contributed by atoms with van der Waals surface area (Å²) in [4.78, 5) is 22.4. The monoisotopic (exact) mass is 378 g/mol. The molecule has 140 valence electrons. The van der Waals surface area contributed by atoms with Gasteiger partial charge in [-0.1, -0.05) is 24.4 Å². The number of nitrogens with zero attached hydrogens (tertiary/aromatic N) is 2. The molecule has 1 aliphatic carbocycles. The Morgan fingerprint density at radius 2 is 2.00 bits per heavy atom. The lowest BCUT2D eigenvalue weighted by atomic mass is 9.95. The van der Waals surface area contributed by atoms with Gasteiger partial charge >= 0.3 is 0 Å². The van der Waals surface area contributed by atoms with Crippen LogP contribution in [0.5, 0.6) is 0 Å². The third-order valence-corrected chi connectivity index (χ3v) is 6.00. The van der Waals surface area contributed by atoms with Gasteiger partial charge in [0, 0.05) is 35.6 Å². The van der Waals surface area contributed by atoms with Crippen LogP contribution in [0, 0.1) is 5.92 Å². The first-order chi connectivity index (χ1) is 12.6. The van der Waals surface area contributed by atoms with Gasteiger partial charge < -0.3 is 15.2 Å². The summed E-state index contributed by atoms with van der Waals surface area (Å²) < 4.78 is 13.0. The first kappa shape index (κ1) is 17.6. The molecule has 2 heterocycles. The van der Waals surface area contributed by atoms with Crippen molar-refractivity contribution in [2.45, 2.75) is 51.2 Å². The van der Waals surface area contributed by atoms with E-state index in [1.807, 2.05) is 0 Å². The van der Waals surface area contributed by atoms with Crippen LogP contribution in [-0.2, 0) is 11.5 Å². The van der Waals surface area contributed by atoms with Crippen molar-refractivity contribution >= 4 is 34.5 Å². The predicted molar refractivity (Wildman–Crippen MR) is 101 cm³/mol. The van der Waals surface area contributed by atoms with Gasteiger partial charge in [-0.05, 0) is 37.8 Å². The number of rotatable bonds is 4. The predicted octanol–water partition coefficient (Wildman–Crippen LogP) is 3.96. The summed E-state index contributed by atoms with van der Waals surface area (Å²) >= 11 is 6.07. The Kier molecular flexibility index (Phi) is 5.02. The van der Waals surface area contributed by atoms with Gasteiger partial charge in [-0.2, -0.15) is 0 Å². The molecule has 1 saturated carbocycles. The Hall–Kier alpha value is -1.82. The van der Waals surface area contributed by atoms with E-state index in [1.165, 1.54) is 12.8 Å². The quantitative estimate of drug-likeness (QED) is 0.846. The topological polar surface area (TPSA) is 61.0 Å². The van der Waals surface area contributed by atoms with Crippen molar-refractivity contribution in [1.29, 1.82) is 0 Å². The lowest BCUT2D eigenvalue weighted by Crippen LogP contribution is -2.43. The molecule has 1 saturated heterocycles. The second-order valence-corrected chi connectivity index (χ2v) is 7.81.